The first kappa shape index (κ1) is 19.5. The Balaban J connectivity index is 1.63. The molecule has 0 saturated carbocycles. The lowest BCUT2D eigenvalue weighted by molar-refractivity contribution is -0.123. The van der Waals surface area contributed by atoms with Crippen LogP contribution >= 0.6 is 11.6 Å². The SMILES string of the molecule is Cc1c(Cl)cccc1NC(=O)CC(=O)Nc1ccccc1Oc1ccccc1. The Labute approximate surface area is 168 Å². The van der Waals surface area contributed by atoms with Crippen LogP contribution in [0.5, 0.6) is 11.5 Å². The van der Waals surface area contributed by atoms with E-state index in [1.807, 2.05) is 36.4 Å². The monoisotopic (exact) mass is 394 g/mol. The summed E-state index contributed by atoms with van der Waals surface area (Å²) in [7, 11) is 0. The third-order valence-electron chi connectivity index (χ3n) is 4.00. The average Bonchev–Trinajstić information content (AvgIpc) is 2.68. The van der Waals surface area contributed by atoms with Crippen LogP contribution in [-0.4, -0.2) is 11.8 Å². The van der Waals surface area contributed by atoms with Gasteiger partial charge in [-0.3, -0.25) is 9.59 Å². The quantitative estimate of drug-likeness (QED) is 0.549. The smallest absolute Gasteiger partial charge is 0.233 e. The van der Waals surface area contributed by atoms with E-state index in [2.05, 4.69) is 10.6 Å². The number of carbonyl (C=O) groups excluding carboxylic acids is 2. The molecule has 6 heteroatoms. The lowest BCUT2D eigenvalue weighted by Crippen LogP contribution is -2.22. The van der Waals surface area contributed by atoms with Crippen molar-refractivity contribution in [1.82, 2.24) is 0 Å². The highest BCUT2D eigenvalue weighted by atomic mass is 35.5. The van der Waals surface area contributed by atoms with E-state index in [9.17, 15) is 9.59 Å². The zero-order chi connectivity index (χ0) is 19.9. The molecule has 0 heterocycles. The van der Waals surface area contributed by atoms with E-state index in [0.29, 0.717) is 27.9 Å². The number of benzene rings is 3. The topological polar surface area (TPSA) is 67.4 Å². The third-order valence-corrected chi connectivity index (χ3v) is 4.40. The zero-order valence-electron chi connectivity index (χ0n) is 15.2. The van der Waals surface area contributed by atoms with Crippen molar-refractivity contribution < 1.29 is 14.3 Å². The van der Waals surface area contributed by atoms with E-state index in [4.69, 9.17) is 16.3 Å². The van der Waals surface area contributed by atoms with Crippen LogP contribution in [-0.2, 0) is 9.59 Å². The molecule has 5 nitrogen and oxygen atoms in total. The van der Waals surface area contributed by atoms with Gasteiger partial charge in [-0.2, -0.15) is 0 Å². The van der Waals surface area contributed by atoms with E-state index < -0.39 is 11.8 Å². The van der Waals surface area contributed by atoms with Gasteiger partial charge in [0.2, 0.25) is 11.8 Å². The minimum atomic E-state index is -0.443. The molecule has 2 amide bonds. The van der Waals surface area contributed by atoms with Crippen LogP contribution in [0.4, 0.5) is 11.4 Å². The maximum Gasteiger partial charge on any atom is 0.233 e. The van der Waals surface area contributed by atoms with Gasteiger partial charge in [0, 0.05) is 10.7 Å². The van der Waals surface area contributed by atoms with Crippen LogP contribution in [0.1, 0.15) is 12.0 Å². The van der Waals surface area contributed by atoms with Gasteiger partial charge in [-0.25, -0.2) is 0 Å². The summed E-state index contributed by atoms with van der Waals surface area (Å²) in [6, 6.07) is 21.5. The fourth-order valence-corrected chi connectivity index (χ4v) is 2.73. The highest BCUT2D eigenvalue weighted by Gasteiger charge is 2.14. The van der Waals surface area contributed by atoms with Crippen LogP contribution < -0.4 is 15.4 Å². The second-order valence-electron chi connectivity index (χ2n) is 6.10. The van der Waals surface area contributed by atoms with E-state index >= 15 is 0 Å². The summed E-state index contributed by atoms with van der Waals surface area (Å²) in [4.78, 5) is 24.5. The molecule has 0 atom stereocenters. The number of halogens is 1. The standard InChI is InChI=1S/C22H19ClN2O3/c1-15-17(23)10-7-12-18(15)24-21(26)14-22(27)25-19-11-5-6-13-20(19)28-16-8-3-2-4-9-16/h2-13H,14H2,1H3,(H,24,26)(H,25,27). The van der Waals surface area contributed by atoms with Crippen molar-refractivity contribution in [3.8, 4) is 11.5 Å². The number of carbonyl (C=O) groups is 2. The average molecular weight is 395 g/mol. The van der Waals surface area contributed by atoms with Crippen LogP contribution in [0.25, 0.3) is 0 Å². The molecule has 142 valence electrons. The normalized spacial score (nSPS) is 10.2. The Bertz CT molecular complexity index is 990. The fourth-order valence-electron chi connectivity index (χ4n) is 2.55. The Kier molecular flexibility index (Phi) is 6.29. The van der Waals surface area contributed by atoms with Gasteiger partial charge < -0.3 is 15.4 Å². The molecule has 0 unspecified atom stereocenters. The van der Waals surface area contributed by atoms with E-state index in [1.165, 1.54) is 0 Å². The fraction of sp³-hybridized carbons (Fsp3) is 0.0909. The zero-order valence-corrected chi connectivity index (χ0v) is 16.0. The van der Waals surface area contributed by atoms with Gasteiger partial charge in [-0.15, -0.1) is 0 Å². The second kappa shape index (κ2) is 9.06. The Hall–Kier alpha value is -3.31. The van der Waals surface area contributed by atoms with Crippen molar-refractivity contribution in [1.29, 1.82) is 0 Å². The van der Waals surface area contributed by atoms with Gasteiger partial charge in [0.15, 0.2) is 5.75 Å². The van der Waals surface area contributed by atoms with Gasteiger partial charge in [-0.05, 0) is 48.9 Å². The van der Waals surface area contributed by atoms with Gasteiger partial charge in [0.25, 0.3) is 0 Å². The molecule has 0 aliphatic rings. The first-order chi connectivity index (χ1) is 13.5. The van der Waals surface area contributed by atoms with Crippen LogP contribution in [0, 0.1) is 6.92 Å². The highest BCUT2D eigenvalue weighted by Crippen LogP contribution is 2.29. The summed E-state index contributed by atoms with van der Waals surface area (Å²) in [6.07, 6.45) is -0.328. The molecule has 0 aliphatic heterocycles. The van der Waals surface area contributed by atoms with Crippen molar-refractivity contribution >= 4 is 34.8 Å². The molecule has 3 aromatic carbocycles. The largest absolute Gasteiger partial charge is 0.455 e. The summed E-state index contributed by atoms with van der Waals surface area (Å²) >= 11 is 6.05. The molecule has 3 aromatic rings. The summed E-state index contributed by atoms with van der Waals surface area (Å²) < 4.78 is 5.81. The van der Waals surface area contributed by atoms with Crippen molar-refractivity contribution in [3.05, 3.63) is 83.4 Å². The van der Waals surface area contributed by atoms with Crippen LogP contribution in [0.3, 0.4) is 0 Å². The highest BCUT2D eigenvalue weighted by molar-refractivity contribution is 6.31. The number of nitrogens with one attached hydrogen (secondary N) is 2. The summed E-state index contributed by atoms with van der Waals surface area (Å²) in [6.45, 7) is 1.80. The molecule has 0 aromatic heterocycles. The molecular weight excluding hydrogens is 376 g/mol. The molecule has 2 N–H and O–H groups in total. The molecule has 0 fully saturated rings. The molecule has 0 saturated heterocycles. The second-order valence-corrected chi connectivity index (χ2v) is 6.50. The summed E-state index contributed by atoms with van der Waals surface area (Å²) in [5.74, 6) is 0.275. The van der Waals surface area contributed by atoms with Gasteiger partial charge in [0.1, 0.15) is 12.2 Å². The summed E-state index contributed by atoms with van der Waals surface area (Å²) in [5, 5.41) is 5.98. The maximum absolute atomic E-state index is 12.3. The van der Waals surface area contributed by atoms with Crippen molar-refractivity contribution in [3.63, 3.8) is 0 Å². The van der Waals surface area contributed by atoms with Gasteiger partial charge in [0.05, 0.1) is 5.69 Å². The van der Waals surface area contributed by atoms with Gasteiger partial charge in [-0.1, -0.05) is 48.0 Å². The number of anilines is 2. The lowest BCUT2D eigenvalue weighted by atomic mass is 10.2. The van der Waals surface area contributed by atoms with Crippen molar-refractivity contribution in [2.24, 2.45) is 0 Å². The molecule has 0 radical (unpaired) electrons. The van der Waals surface area contributed by atoms with E-state index in [1.54, 1.807) is 43.3 Å². The Morgan fingerprint density at radius 1 is 0.821 bits per heavy atom. The van der Waals surface area contributed by atoms with E-state index in [-0.39, 0.29) is 6.42 Å². The third kappa shape index (κ3) is 5.11. The minimum Gasteiger partial charge on any atom is -0.455 e. The lowest BCUT2D eigenvalue weighted by Gasteiger charge is -2.13. The molecular formula is C22H19ClN2O3. The molecule has 3 rings (SSSR count). The van der Waals surface area contributed by atoms with Crippen LogP contribution in [0.15, 0.2) is 72.8 Å². The number of hydrogen-bond donors (Lipinski definition) is 2. The number of amides is 2. The number of para-hydroxylation sites is 3. The predicted molar refractivity (Wildman–Crippen MR) is 111 cm³/mol. The summed E-state index contributed by atoms with van der Waals surface area (Å²) in [5.41, 5.74) is 1.82. The van der Waals surface area contributed by atoms with E-state index in [0.717, 1.165) is 5.56 Å². The molecule has 0 bridgehead atoms. The molecule has 0 spiro atoms. The first-order valence-electron chi connectivity index (χ1n) is 8.69. The first-order valence-corrected chi connectivity index (χ1v) is 9.07. The predicted octanol–water partition coefficient (Wildman–Crippen LogP) is 5.41. The number of ether oxygens (including phenoxy) is 1. The van der Waals surface area contributed by atoms with Crippen LogP contribution in [0.2, 0.25) is 5.02 Å². The number of rotatable bonds is 6. The number of hydrogen-bond acceptors (Lipinski definition) is 3. The van der Waals surface area contributed by atoms with Gasteiger partial charge >= 0.3 is 0 Å². The van der Waals surface area contributed by atoms with Crippen molar-refractivity contribution in [2.45, 2.75) is 13.3 Å². The maximum atomic E-state index is 12.3. The molecule has 28 heavy (non-hydrogen) atoms. The Morgan fingerprint density at radius 2 is 1.43 bits per heavy atom. The van der Waals surface area contributed by atoms with Crippen molar-refractivity contribution in [2.75, 3.05) is 10.6 Å². The molecule has 0 aliphatic carbocycles. The Morgan fingerprint density at radius 3 is 2.18 bits per heavy atom. The minimum absolute atomic E-state index is 0.328.